The number of amides is 1. The van der Waals surface area contributed by atoms with Crippen LogP contribution in [0.15, 0.2) is 66.7 Å². The summed E-state index contributed by atoms with van der Waals surface area (Å²) in [7, 11) is 0. The minimum Gasteiger partial charge on any atom is -0.366 e. The van der Waals surface area contributed by atoms with E-state index in [9.17, 15) is 9.18 Å². The summed E-state index contributed by atoms with van der Waals surface area (Å²) in [5.74, 6) is 0.383. The molecule has 2 aromatic heterocycles. The van der Waals surface area contributed by atoms with Gasteiger partial charge in [0.05, 0.1) is 22.2 Å². The van der Waals surface area contributed by atoms with Crippen LogP contribution in [0.2, 0.25) is 0 Å². The first kappa shape index (κ1) is 19.5. The van der Waals surface area contributed by atoms with Crippen molar-refractivity contribution in [3.63, 3.8) is 0 Å². The van der Waals surface area contributed by atoms with Crippen LogP contribution in [0, 0.1) is 5.82 Å². The standard InChI is InChI=1S/C25H21FN6O/c26-18-5-1-4-8-22(18)31-11-13-32(14-12-31)25(33)16-9-10-19-17(15-16)23(30-29-19)24-27-20-6-2-3-7-21(20)28-24/h1-10,15H,11-14H2,(H,27,28)(H,29,30). The number of fused-ring (bicyclic) bond motifs is 2. The first-order valence-corrected chi connectivity index (χ1v) is 10.9. The van der Waals surface area contributed by atoms with E-state index in [0.29, 0.717) is 48.9 Å². The minimum atomic E-state index is -0.235. The summed E-state index contributed by atoms with van der Waals surface area (Å²) in [4.78, 5) is 25.0. The van der Waals surface area contributed by atoms with Gasteiger partial charge >= 0.3 is 0 Å². The molecule has 2 N–H and O–H groups in total. The smallest absolute Gasteiger partial charge is 0.253 e. The Morgan fingerprint density at radius 3 is 2.52 bits per heavy atom. The number of nitrogens with zero attached hydrogens (tertiary/aromatic N) is 4. The second kappa shape index (κ2) is 7.74. The molecule has 6 rings (SSSR count). The number of rotatable bonds is 3. The molecular weight excluding hydrogens is 419 g/mol. The van der Waals surface area contributed by atoms with Gasteiger partial charge in [0, 0.05) is 37.1 Å². The molecule has 0 atom stereocenters. The number of carbonyl (C=O) groups excluding carboxylic acids is 1. The first-order valence-electron chi connectivity index (χ1n) is 10.9. The topological polar surface area (TPSA) is 80.9 Å². The maximum absolute atomic E-state index is 14.1. The summed E-state index contributed by atoms with van der Waals surface area (Å²) < 4.78 is 14.1. The van der Waals surface area contributed by atoms with Gasteiger partial charge in [-0.15, -0.1) is 0 Å². The van der Waals surface area contributed by atoms with Crippen molar-refractivity contribution in [3.05, 3.63) is 78.1 Å². The van der Waals surface area contributed by atoms with E-state index in [2.05, 4.69) is 20.2 Å². The number of aromatic nitrogens is 4. The second-order valence-electron chi connectivity index (χ2n) is 8.17. The monoisotopic (exact) mass is 440 g/mol. The Morgan fingerprint density at radius 2 is 1.70 bits per heavy atom. The van der Waals surface area contributed by atoms with Crippen LogP contribution in [0.3, 0.4) is 0 Å². The maximum atomic E-state index is 14.1. The summed E-state index contributed by atoms with van der Waals surface area (Å²) in [6.07, 6.45) is 0. The molecule has 0 unspecified atom stereocenters. The van der Waals surface area contributed by atoms with Crippen LogP contribution < -0.4 is 4.90 Å². The number of benzene rings is 3. The molecule has 8 heteroatoms. The Kier molecular flexibility index (Phi) is 4.57. The number of imidazole rings is 1. The first-order chi connectivity index (χ1) is 16.2. The van der Waals surface area contributed by atoms with E-state index in [1.807, 2.05) is 58.3 Å². The summed E-state index contributed by atoms with van der Waals surface area (Å²) >= 11 is 0. The third-order valence-electron chi connectivity index (χ3n) is 6.18. The highest BCUT2D eigenvalue weighted by molar-refractivity contribution is 6.01. The molecule has 1 fully saturated rings. The van der Waals surface area contributed by atoms with E-state index in [1.165, 1.54) is 6.07 Å². The Balaban J connectivity index is 1.25. The van der Waals surface area contributed by atoms with Gasteiger partial charge in [0.15, 0.2) is 5.82 Å². The lowest BCUT2D eigenvalue weighted by Gasteiger charge is -2.36. The molecule has 3 aromatic carbocycles. The molecule has 164 valence electrons. The van der Waals surface area contributed by atoms with Crippen LogP contribution in [-0.4, -0.2) is 57.2 Å². The number of H-pyrrole nitrogens is 2. The predicted octanol–water partition coefficient (Wildman–Crippen LogP) is 4.21. The SMILES string of the molecule is O=C(c1ccc2[nH]nc(-c3nc4ccccc4[nH]3)c2c1)N1CCN(c2ccccc2F)CC1. The van der Waals surface area contributed by atoms with Crippen molar-refractivity contribution >= 4 is 33.5 Å². The van der Waals surface area contributed by atoms with Crippen LogP contribution in [0.25, 0.3) is 33.5 Å². The Hall–Kier alpha value is -4.20. The number of para-hydroxylation sites is 3. The zero-order valence-electron chi connectivity index (χ0n) is 17.8. The number of aromatic amines is 2. The summed E-state index contributed by atoms with van der Waals surface area (Å²) in [6, 6.07) is 20.1. The number of nitrogens with one attached hydrogen (secondary N) is 2. The van der Waals surface area contributed by atoms with Crippen molar-refractivity contribution in [1.82, 2.24) is 25.1 Å². The van der Waals surface area contributed by atoms with Crippen LogP contribution >= 0.6 is 0 Å². The fourth-order valence-electron chi connectivity index (χ4n) is 4.43. The van der Waals surface area contributed by atoms with Crippen molar-refractivity contribution in [2.45, 2.75) is 0 Å². The van der Waals surface area contributed by atoms with Crippen LogP contribution in [-0.2, 0) is 0 Å². The highest BCUT2D eigenvalue weighted by Gasteiger charge is 2.24. The number of piperazine rings is 1. The number of anilines is 1. The van der Waals surface area contributed by atoms with Crippen molar-refractivity contribution in [1.29, 1.82) is 0 Å². The lowest BCUT2D eigenvalue weighted by atomic mass is 10.1. The fraction of sp³-hybridized carbons (Fsp3) is 0.160. The van der Waals surface area contributed by atoms with Gasteiger partial charge in [0.1, 0.15) is 11.5 Å². The molecule has 0 aliphatic carbocycles. The molecule has 0 radical (unpaired) electrons. The molecule has 33 heavy (non-hydrogen) atoms. The third-order valence-corrected chi connectivity index (χ3v) is 6.18. The molecule has 7 nitrogen and oxygen atoms in total. The zero-order chi connectivity index (χ0) is 22.4. The maximum Gasteiger partial charge on any atom is 0.253 e. The lowest BCUT2D eigenvalue weighted by Crippen LogP contribution is -2.49. The van der Waals surface area contributed by atoms with E-state index < -0.39 is 0 Å². The van der Waals surface area contributed by atoms with E-state index in [0.717, 1.165) is 21.9 Å². The number of hydrogen-bond acceptors (Lipinski definition) is 4. The Morgan fingerprint density at radius 1 is 0.909 bits per heavy atom. The zero-order valence-corrected chi connectivity index (χ0v) is 17.8. The Bertz CT molecular complexity index is 1450. The summed E-state index contributed by atoms with van der Waals surface area (Å²) in [6.45, 7) is 2.25. The highest BCUT2D eigenvalue weighted by Crippen LogP contribution is 2.28. The van der Waals surface area contributed by atoms with Gasteiger partial charge in [-0.25, -0.2) is 9.37 Å². The predicted molar refractivity (Wildman–Crippen MR) is 126 cm³/mol. The Labute approximate surface area is 188 Å². The van der Waals surface area contributed by atoms with Gasteiger partial charge in [-0.1, -0.05) is 24.3 Å². The number of carbonyl (C=O) groups is 1. The molecule has 1 aliphatic heterocycles. The van der Waals surface area contributed by atoms with Gasteiger partial charge in [0.2, 0.25) is 0 Å². The van der Waals surface area contributed by atoms with Gasteiger partial charge < -0.3 is 14.8 Å². The van der Waals surface area contributed by atoms with Crippen molar-refractivity contribution in [2.24, 2.45) is 0 Å². The van der Waals surface area contributed by atoms with E-state index in [-0.39, 0.29) is 11.7 Å². The fourth-order valence-corrected chi connectivity index (χ4v) is 4.43. The lowest BCUT2D eigenvalue weighted by molar-refractivity contribution is 0.0747. The van der Waals surface area contributed by atoms with Crippen LogP contribution in [0.5, 0.6) is 0 Å². The molecule has 1 aliphatic rings. The van der Waals surface area contributed by atoms with Crippen molar-refractivity contribution < 1.29 is 9.18 Å². The summed E-state index contributed by atoms with van der Waals surface area (Å²) in [5.41, 5.74) is 4.50. The average molecular weight is 440 g/mol. The van der Waals surface area contributed by atoms with Gasteiger partial charge in [0.25, 0.3) is 5.91 Å². The molecule has 1 amide bonds. The number of halogens is 1. The molecule has 0 spiro atoms. The largest absolute Gasteiger partial charge is 0.366 e. The molecular formula is C25H21FN6O. The van der Waals surface area contributed by atoms with Crippen molar-refractivity contribution in [2.75, 3.05) is 31.1 Å². The average Bonchev–Trinajstić information content (AvgIpc) is 3.47. The normalized spacial score (nSPS) is 14.3. The molecule has 0 bridgehead atoms. The molecule has 5 aromatic rings. The van der Waals surface area contributed by atoms with Crippen molar-refractivity contribution in [3.8, 4) is 11.5 Å². The third kappa shape index (κ3) is 3.40. The van der Waals surface area contributed by atoms with Gasteiger partial charge in [-0.05, 0) is 42.5 Å². The molecule has 3 heterocycles. The van der Waals surface area contributed by atoms with E-state index in [4.69, 9.17) is 0 Å². The van der Waals surface area contributed by atoms with E-state index >= 15 is 0 Å². The van der Waals surface area contributed by atoms with Gasteiger partial charge in [-0.2, -0.15) is 5.10 Å². The van der Waals surface area contributed by atoms with Crippen LogP contribution in [0.4, 0.5) is 10.1 Å². The quantitative estimate of drug-likeness (QED) is 0.441. The highest BCUT2D eigenvalue weighted by atomic mass is 19.1. The van der Waals surface area contributed by atoms with Gasteiger partial charge in [-0.3, -0.25) is 9.89 Å². The van der Waals surface area contributed by atoms with E-state index in [1.54, 1.807) is 12.1 Å². The molecule has 0 saturated carbocycles. The van der Waals surface area contributed by atoms with Crippen LogP contribution in [0.1, 0.15) is 10.4 Å². The molecule has 1 saturated heterocycles. The summed E-state index contributed by atoms with van der Waals surface area (Å²) in [5, 5.41) is 8.31. The second-order valence-corrected chi connectivity index (χ2v) is 8.17. The minimum absolute atomic E-state index is 0.0400. The number of hydrogen-bond donors (Lipinski definition) is 2.